The van der Waals surface area contributed by atoms with Crippen molar-refractivity contribution in [2.45, 2.75) is 110 Å². The maximum Gasteiger partial charge on any atom is 0.573 e. The largest absolute Gasteiger partial charge is 0.573 e. The van der Waals surface area contributed by atoms with Crippen LogP contribution in [0.3, 0.4) is 0 Å². The number of hydrogen-bond acceptors (Lipinski definition) is 2. The maximum absolute atomic E-state index is 14.1. The molecule has 2 fully saturated rings. The molecule has 0 aromatic heterocycles. The Balaban J connectivity index is 1.59. The van der Waals surface area contributed by atoms with Crippen LogP contribution in [0, 0.1) is 23.1 Å². The smallest absolute Gasteiger partial charge is 0.493 e. The zero-order valence-electron chi connectivity index (χ0n) is 20.0. The first-order chi connectivity index (χ1) is 15.8. The number of halogens is 4. The van der Waals surface area contributed by atoms with E-state index in [0.29, 0.717) is 6.61 Å². The summed E-state index contributed by atoms with van der Waals surface area (Å²) in [4.78, 5) is 0. The first-order valence-corrected chi connectivity index (χ1v) is 13.0. The van der Waals surface area contributed by atoms with Crippen LogP contribution < -0.4 is 9.47 Å². The number of alkyl halides is 3. The Morgan fingerprint density at radius 2 is 1.58 bits per heavy atom. The second kappa shape index (κ2) is 12.3. The molecular weight excluding hydrogens is 432 g/mol. The molecule has 0 spiro atoms. The van der Waals surface area contributed by atoms with Gasteiger partial charge in [0.05, 0.1) is 6.61 Å². The molecule has 1 aromatic carbocycles. The van der Waals surface area contributed by atoms with E-state index in [4.69, 9.17) is 4.74 Å². The first kappa shape index (κ1) is 26.2. The summed E-state index contributed by atoms with van der Waals surface area (Å²) in [7, 11) is 0. The quantitative estimate of drug-likeness (QED) is 0.236. The minimum absolute atomic E-state index is 0.0784. The monoisotopic (exact) mass is 472 g/mol. The van der Waals surface area contributed by atoms with Gasteiger partial charge in [-0.2, -0.15) is 0 Å². The van der Waals surface area contributed by atoms with Gasteiger partial charge in [0.25, 0.3) is 0 Å². The normalized spacial score (nSPS) is 24.6. The molecule has 0 saturated heterocycles. The summed E-state index contributed by atoms with van der Waals surface area (Å²) in [6.45, 7) is 2.71. The standard InChI is InChI=1S/C27H40F4O2/c1-2-3-4-5-9-16-26(17-14-22(15-18-26)21-10-7-6-8-11-21)20-32-23-12-13-25(24(28)19-23)33-27(29,30)31/h12-13,19,21-22H,2-11,14-18,20H2,1H3. The van der Waals surface area contributed by atoms with E-state index in [1.807, 2.05) is 0 Å². The fourth-order valence-corrected chi connectivity index (χ4v) is 5.91. The highest BCUT2D eigenvalue weighted by atomic mass is 19.4. The zero-order chi connectivity index (χ0) is 23.7. The minimum atomic E-state index is -4.91. The molecule has 0 amide bonds. The molecule has 2 aliphatic rings. The molecule has 0 bridgehead atoms. The van der Waals surface area contributed by atoms with Crippen molar-refractivity contribution in [2.24, 2.45) is 17.3 Å². The Morgan fingerprint density at radius 3 is 2.21 bits per heavy atom. The number of ether oxygens (including phenoxy) is 2. The summed E-state index contributed by atoms with van der Waals surface area (Å²) in [5, 5.41) is 0. The third-order valence-corrected chi connectivity index (χ3v) is 7.89. The van der Waals surface area contributed by atoms with Gasteiger partial charge in [-0.3, -0.25) is 0 Å². The number of benzene rings is 1. The molecule has 0 N–H and O–H groups in total. The lowest BCUT2D eigenvalue weighted by Crippen LogP contribution is -2.35. The minimum Gasteiger partial charge on any atom is -0.493 e. The van der Waals surface area contributed by atoms with Crippen LogP contribution in [0.4, 0.5) is 17.6 Å². The van der Waals surface area contributed by atoms with E-state index in [1.165, 1.54) is 83.1 Å². The average Bonchev–Trinajstić information content (AvgIpc) is 2.80. The number of hydrogen-bond donors (Lipinski definition) is 0. The van der Waals surface area contributed by atoms with Crippen LogP contribution in [0.5, 0.6) is 11.5 Å². The summed E-state index contributed by atoms with van der Waals surface area (Å²) in [5.41, 5.74) is 0.0784. The summed E-state index contributed by atoms with van der Waals surface area (Å²) in [6.07, 6.45) is 13.9. The topological polar surface area (TPSA) is 18.5 Å². The van der Waals surface area contributed by atoms with Crippen molar-refractivity contribution in [3.8, 4) is 11.5 Å². The van der Waals surface area contributed by atoms with Crippen LogP contribution in [0.2, 0.25) is 0 Å². The Kier molecular flexibility index (Phi) is 9.75. The van der Waals surface area contributed by atoms with Crippen LogP contribution >= 0.6 is 0 Å². The van der Waals surface area contributed by atoms with Gasteiger partial charge in [0.2, 0.25) is 0 Å². The molecule has 3 rings (SSSR count). The molecule has 2 saturated carbocycles. The van der Waals surface area contributed by atoms with Crippen molar-refractivity contribution in [1.82, 2.24) is 0 Å². The van der Waals surface area contributed by atoms with Gasteiger partial charge in [0.1, 0.15) is 5.75 Å². The second-order valence-electron chi connectivity index (χ2n) is 10.3. The van der Waals surface area contributed by atoms with Gasteiger partial charge in [-0.05, 0) is 56.1 Å². The van der Waals surface area contributed by atoms with Crippen molar-refractivity contribution in [1.29, 1.82) is 0 Å². The molecule has 0 heterocycles. The molecule has 1 aromatic rings. The first-order valence-electron chi connectivity index (χ1n) is 13.0. The molecule has 0 atom stereocenters. The van der Waals surface area contributed by atoms with Crippen molar-refractivity contribution in [2.75, 3.05) is 6.61 Å². The van der Waals surface area contributed by atoms with Gasteiger partial charge >= 0.3 is 6.36 Å². The van der Waals surface area contributed by atoms with Gasteiger partial charge in [-0.25, -0.2) is 4.39 Å². The summed E-state index contributed by atoms with van der Waals surface area (Å²) in [6, 6.07) is 3.37. The van der Waals surface area contributed by atoms with Crippen LogP contribution in [0.25, 0.3) is 0 Å². The third kappa shape index (κ3) is 8.36. The van der Waals surface area contributed by atoms with Crippen molar-refractivity contribution < 1.29 is 27.0 Å². The van der Waals surface area contributed by atoms with E-state index in [-0.39, 0.29) is 11.2 Å². The van der Waals surface area contributed by atoms with E-state index in [2.05, 4.69) is 11.7 Å². The van der Waals surface area contributed by atoms with Gasteiger partial charge in [-0.15, -0.1) is 13.2 Å². The number of rotatable bonds is 11. The predicted molar refractivity (Wildman–Crippen MR) is 123 cm³/mol. The second-order valence-corrected chi connectivity index (χ2v) is 10.3. The van der Waals surface area contributed by atoms with E-state index in [0.717, 1.165) is 43.2 Å². The van der Waals surface area contributed by atoms with Gasteiger partial charge in [0.15, 0.2) is 11.6 Å². The van der Waals surface area contributed by atoms with Crippen molar-refractivity contribution in [3.63, 3.8) is 0 Å². The average molecular weight is 473 g/mol. The molecule has 2 nitrogen and oxygen atoms in total. The summed E-state index contributed by atoms with van der Waals surface area (Å²) >= 11 is 0. The summed E-state index contributed by atoms with van der Waals surface area (Å²) < 4.78 is 61.1. The Labute approximate surface area is 196 Å². The highest BCUT2D eigenvalue weighted by Gasteiger charge is 2.38. The molecule has 0 aliphatic heterocycles. The Bertz CT molecular complexity index is 705. The summed E-state index contributed by atoms with van der Waals surface area (Å²) in [5.74, 6) is 0.0713. The maximum atomic E-state index is 14.1. The lowest BCUT2D eigenvalue weighted by Gasteiger charge is -2.43. The zero-order valence-corrected chi connectivity index (χ0v) is 20.0. The van der Waals surface area contributed by atoms with E-state index in [9.17, 15) is 17.6 Å². The predicted octanol–water partition coefficient (Wildman–Crippen LogP) is 9.22. The van der Waals surface area contributed by atoms with E-state index >= 15 is 0 Å². The number of unbranched alkanes of at least 4 members (excludes halogenated alkanes) is 4. The van der Waals surface area contributed by atoms with Crippen LogP contribution in [-0.4, -0.2) is 13.0 Å². The van der Waals surface area contributed by atoms with Crippen LogP contribution in [-0.2, 0) is 0 Å². The SMILES string of the molecule is CCCCCCCC1(COc2ccc(OC(F)(F)F)c(F)c2)CCC(C2CCCCC2)CC1. The fraction of sp³-hybridized carbons (Fsp3) is 0.778. The Morgan fingerprint density at radius 1 is 0.909 bits per heavy atom. The van der Waals surface area contributed by atoms with Crippen molar-refractivity contribution >= 4 is 0 Å². The molecule has 33 heavy (non-hydrogen) atoms. The van der Waals surface area contributed by atoms with E-state index in [1.54, 1.807) is 0 Å². The molecule has 0 unspecified atom stereocenters. The molecule has 188 valence electrons. The van der Waals surface area contributed by atoms with Crippen molar-refractivity contribution in [3.05, 3.63) is 24.0 Å². The van der Waals surface area contributed by atoms with Crippen LogP contribution in [0.1, 0.15) is 103 Å². The fourth-order valence-electron chi connectivity index (χ4n) is 5.91. The highest BCUT2D eigenvalue weighted by molar-refractivity contribution is 5.33. The molecule has 6 heteroatoms. The molecule has 2 aliphatic carbocycles. The third-order valence-electron chi connectivity index (χ3n) is 7.89. The highest BCUT2D eigenvalue weighted by Crippen LogP contribution is 2.47. The Hall–Kier alpha value is -1.46. The lowest BCUT2D eigenvalue weighted by atomic mass is 9.64. The van der Waals surface area contributed by atoms with Crippen LogP contribution in [0.15, 0.2) is 18.2 Å². The molecular formula is C27H40F4O2. The van der Waals surface area contributed by atoms with Gasteiger partial charge < -0.3 is 9.47 Å². The molecule has 0 radical (unpaired) electrons. The van der Waals surface area contributed by atoms with Gasteiger partial charge in [-0.1, -0.05) is 71.1 Å². The van der Waals surface area contributed by atoms with E-state index < -0.39 is 17.9 Å². The van der Waals surface area contributed by atoms with Gasteiger partial charge in [0, 0.05) is 11.5 Å². The lowest BCUT2D eigenvalue weighted by molar-refractivity contribution is -0.275.